The van der Waals surface area contributed by atoms with Crippen molar-refractivity contribution in [2.75, 3.05) is 13.2 Å². The van der Waals surface area contributed by atoms with Crippen molar-refractivity contribution in [3.8, 4) is 0 Å². The molecule has 2 rings (SSSR count). The maximum absolute atomic E-state index is 12.9. The van der Waals surface area contributed by atoms with Crippen LogP contribution in [0.4, 0.5) is 4.39 Å². The molecule has 1 aromatic carbocycles. The van der Waals surface area contributed by atoms with Crippen molar-refractivity contribution in [2.45, 2.75) is 19.9 Å². The van der Waals surface area contributed by atoms with Crippen LogP contribution in [-0.4, -0.2) is 34.9 Å². The van der Waals surface area contributed by atoms with Gasteiger partial charge in [-0.1, -0.05) is 18.2 Å². The standard InChI is InChI=1S/C20H21FN2O3/c1-2-26-20(25)11-13-23(15-17-4-3-12-22-14-17)19(24)10-7-16-5-8-18(21)9-6-16/h3-10,12,14H,2,11,13,15H2,1H3/b10-7+. The van der Waals surface area contributed by atoms with E-state index in [4.69, 9.17) is 4.74 Å². The van der Waals surface area contributed by atoms with E-state index in [-0.39, 0.29) is 30.7 Å². The fourth-order valence-electron chi connectivity index (χ4n) is 2.29. The van der Waals surface area contributed by atoms with Gasteiger partial charge in [0.05, 0.1) is 13.0 Å². The highest BCUT2D eigenvalue weighted by Crippen LogP contribution is 2.08. The number of amides is 1. The van der Waals surface area contributed by atoms with Gasteiger partial charge in [-0.2, -0.15) is 0 Å². The van der Waals surface area contributed by atoms with Crippen LogP contribution in [0.3, 0.4) is 0 Å². The predicted octanol–water partition coefficient (Wildman–Crippen LogP) is 3.22. The van der Waals surface area contributed by atoms with Crippen LogP contribution in [-0.2, 0) is 20.9 Å². The monoisotopic (exact) mass is 356 g/mol. The minimum absolute atomic E-state index is 0.115. The first-order valence-corrected chi connectivity index (χ1v) is 8.35. The number of carbonyl (C=O) groups is 2. The maximum atomic E-state index is 12.9. The summed E-state index contributed by atoms with van der Waals surface area (Å²) >= 11 is 0. The minimum atomic E-state index is -0.348. The molecule has 5 nitrogen and oxygen atoms in total. The third-order valence-corrected chi connectivity index (χ3v) is 3.59. The Morgan fingerprint density at radius 3 is 2.65 bits per heavy atom. The van der Waals surface area contributed by atoms with E-state index in [1.165, 1.54) is 18.2 Å². The predicted molar refractivity (Wildman–Crippen MR) is 96.3 cm³/mol. The van der Waals surface area contributed by atoms with Crippen molar-refractivity contribution >= 4 is 18.0 Å². The highest BCUT2D eigenvalue weighted by molar-refractivity contribution is 5.92. The van der Waals surface area contributed by atoms with Crippen molar-refractivity contribution in [1.82, 2.24) is 9.88 Å². The van der Waals surface area contributed by atoms with Gasteiger partial charge in [-0.05, 0) is 42.3 Å². The normalized spacial score (nSPS) is 10.7. The van der Waals surface area contributed by atoms with Crippen LogP contribution < -0.4 is 0 Å². The Balaban J connectivity index is 2.06. The summed E-state index contributed by atoms with van der Waals surface area (Å²) in [7, 11) is 0. The molecule has 136 valence electrons. The lowest BCUT2D eigenvalue weighted by Crippen LogP contribution is -2.31. The molecule has 0 N–H and O–H groups in total. The van der Waals surface area contributed by atoms with E-state index >= 15 is 0 Å². The van der Waals surface area contributed by atoms with Crippen molar-refractivity contribution < 1.29 is 18.7 Å². The zero-order valence-electron chi connectivity index (χ0n) is 14.6. The fourth-order valence-corrected chi connectivity index (χ4v) is 2.29. The molecular weight excluding hydrogens is 335 g/mol. The average molecular weight is 356 g/mol. The van der Waals surface area contributed by atoms with Crippen LogP contribution in [0, 0.1) is 5.82 Å². The zero-order chi connectivity index (χ0) is 18.8. The molecule has 0 aliphatic carbocycles. The van der Waals surface area contributed by atoms with E-state index in [1.54, 1.807) is 48.5 Å². The molecule has 0 spiro atoms. The quantitative estimate of drug-likeness (QED) is 0.538. The Kier molecular flexibility index (Phi) is 7.49. The Hall–Kier alpha value is -3.02. The van der Waals surface area contributed by atoms with Crippen LogP contribution >= 0.6 is 0 Å². The molecule has 0 atom stereocenters. The van der Waals surface area contributed by atoms with Gasteiger partial charge < -0.3 is 9.64 Å². The number of carbonyl (C=O) groups excluding carboxylic acids is 2. The van der Waals surface area contributed by atoms with Crippen molar-refractivity contribution in [3.05, 3.63) is 71.8 Å². The second-order valence-electron chi connectivity index (χ2n) is 5.56. The van der Waals surface area contributed by atoms with Gasteiger partial charge in [0.1, 0.15) is 5.82 Å². The van der Waals surface area contributed by atoms with Crippen molar-refractivity contribution in [2.24, 2.45) is 0 Å². The van der Waals surface area contributed by atoms with E-state index in [1.807, 2.05) is 6.07 Å². The second kappa shape index (κ2) is 10.1. The number of rotatable bonds is 8. The molecule has 0 aliphatic heterocycles. The summed E-state index contributed by atoms with van der Waals surface area (Å²) < 4.78 is 17.9. The van der Waals surface area contributed by atoms with Gasteiger partial charge in [0.25, 0.3) is 0 Å². The number of esters is 1. The highest BCUT2D eigenvalue weighted by atomic mass is 19.1. The van der Waals surface area contributed by atoms with Crippen LogP contribution in [0.2, 0.25) is 0 Å². The molecule has 6 heteroatoms. The van der Waals surface area contributed by atoms with Gasteiger partial charge in [-0.3, -0.25) is 14.6 Å². The van der Waals surface area contributed by atoms with Crippen molar-refractivity contribution in [3.63, 3.8) is 0 Å². The molecule has 0 fully saturated rings. The SMILES string of the molecule is CCOC(=O)CCN(Cc1cccnc1)C(=O)/C=C/c1ccc(F)cc1. The smallest absolute Gasteiger partial charge is 0.307 e. The fraction of sp³-hybridized carbons (Fsp3) is 0.250. The number of pyridine rings is 1. The van der Waals surface area contributed by atoms with Gasteiger partial charge in [-0.15, -0.1) is 0 Å². The van der Waals surface area contributed by atoms with Gasteiger partial charge in [0, 0.05) is 31.6 Å². The summed E-state index contributed by atoms with van der Waals surface area (Å²) in [6, 6.07) is 9.49. The molecule has 0 radical (unpaired) electrons. The van der Waals surface area contributed by atoms with Crippen LogP contribution in [0.5, 0.6) is 0 Å². The Morgan fingerprint density at radius 2 is 2.00 bits per heavy atom. The molecule has 1 heterocycles. The molecule has 2 aromatic rings. The van der Waals surface area contributed by atoms with E-state index < -0.39 is 0 Å². The van der Waals surface area contributed by atoms with Crippen LogP contribution in [0.15, 0.2) is 54.9 Å². The molecule has 0 bridgehead atoms. The first kappa shape index (κ1) is 19.3. The zero-order valence-corrected chi connectivity index (χ0v) is 14.6. The van der Waals surface area contributed by atoms with E-state index in [0.717, 1.165) is 5.56 Å². The van der Waals surface area contributed by atoms with Gasteiger partial charge in [0.2, 0.25) is 5.91 Å². The molecule has 0 saturated heterocycles. The Bertz CT molecular complexity index is 745. The number of aromatic nitrogens is 1. The third-order valence-electron chi connectivity index (χ3n) is 3.59. The third kappa shape index (κ3) is 6.47. The largest absolute Gasteiger partial charge is 0.466 e. The lowest BCUT2D eigenvalue weighted by Gasteiger charge is -2.21. The lowest BCUT2D eigenvalue weighted by atomic mass is 10.2. The molecule has 0 aliphatic rings. The Morgan fingerprint density at radius 1 is 1.23 bits per heavy atom. The van der Waals surface area contributed by atoms with E-state index in [0.29, 0.717) is 18.7 Å². The number of hydrogen-bond acceptors (Lipinski definition) is 4. The molecule has 1 amide bonds. The summed E-state index contributed by atoms with van der Waals surface area (Å²) in [5, 5.41) is 0. The number of hydrogen-bond donors (Lipinski definition) is 0. The van der Waals surface area contributed by atoms with Crippen LogP contribution in [0.1, 0.15) is 24.5 Å². The lowest BCUT2D eigenvalue weighted by molar-refractivity contribution is -0.143. The molecule has 26 heavy (non-hydrogen) atoms. The average Bonchev–Trinajstić information content (AvgIpc) is 2.65. The number of halogens is 1. The summed E-state index contributed by atoms with van der Waals surface area (Å²) in [6.07, 6.45) is 6.47. The van der Waals surface area contributed by atoms with Gasteiger partial charge in [0.15, 0.2) is 0 Å². The second-order valence-corrected chi connectivity index (χ2v) is 5.56. The summed E-state index contributed by atoms with van der Waals surface area (Å²) in [5.41, 5.74) is 1.58. The summed E-state index contributed by atoms with van der Waals surface area (Å²) in [5.74, 6) is -0.928. The number of benzene rings is 1. The number of nitrogens with zero attached hydrogens (tertiary/aromatic N) is 2. The minimum Gasteiger partial charge on any atom is -0.466 e. The summed E-state index contributed by atoms with van der Waals surface area (Å²) in [6.45, 7) is 2.61. The summed E-state index contributed by atoms with van der Waals surface area (Å²) in [4.78, 5) is 29.7. The first-order chi connectivity index (χ1) is 12.6. The van der Waals surface area contributed by atoms with Crippen LogP contribution in [0.25, 0.3) is 6.08 Å². The van der Waals surface area contributed by atoms with E-state index in [2.05, 4.69) is 4.98 Å². The van der Waals surface area contributed by atoms with Gasteiger partial charge >= 0.3 is 5.97 Å². The van der Waals surface area contributed by atoms with Crippen molar-refractivity contribution in [1.29, 1.82) is 0 Å². The highest BCUT2D eigenvalue weighted by Gasteiger charge is 2.14. The molecule has 0 unspecified atom stereocenters. The Labute approximate surface area is 152 Å². The molecular formula is C20H21FN2O3. The molecule has 1 aromatic heterocycles. The van der Waals surface area contributed by atoms with Gasteiger partial charge in [-0.25, -0.2) is 4.39 Å². The topological polar surface area (TPSA) is 59.5 Å². The number of ether oxygens (including phenoxy) is 1. The maximum Gasteiger partial charge on any atom is 0.307 e. The molecule has 0 saturated carbocycles. The van der Waals surface area contributed by atoms with E-state index in [9.17, 15) is 14.0 Å². The first-order valence-electron chi connectivity index (χ1n) is 8.35.